The first kappa shape index (κ1) is 14.9. The van der Waals surface area contributed by atoms with Crippen LogP contribution < -0.4 is 16.0 Å². The molecule has 2 aromatic carbocycles. The maximum Gasteiger partial charge on any atom is 0.221 e. The molecule has 0 fully saturated rings. The Labute approximate surface area is 127 Å². The van der Waals surface area contributed by atoms with Gasteiger partial charge in [-0.2, -0.15) is 0 Å². The molecular formula is C15H14FN3OS. The maximum atomic E-state index is 13.5. The van der Waals surface area contributed by atoms with E-state index in [0.717, 1.165) is 5.69 Å². The van der Waals surface area contributed by atoms with Crippen LogP contribution in [0, 0.1) is 5.82 Å². The minimum Gasteiger partial charge on any atom is -0.332 e. The van der Waals surface area contributed by atoms with Crippen LogP contribution in [0.15, 0.2) is 48.5 Å². The van der Waals surface area contributed by atoms with Gasteiger partial charge in [-0.25, -0.2) is 4.39 Å². The van der Waals surface area contributed by atoms with Gasteiger partial charge in [0.2, 0.25) is 5.91 Å². The number of amides is 1. The van der Waals surface area contributed by atoms with Crippen LogP contribution in [0.25, 0.3) is 0 Å². The average molecular weight is 303 g/mol. The van der Waals surface area contributed by atoms with Crippen molar-refractivity contribution in [3.63, 3.8) is 0 Å². The molecule has 0 aliphatic carbocycles. The van der Waals surface area contributed by atoms with Crippen LogP contribution in [0.3, 0.4) is 0 Å². The van der Waals surface area contributed by atoms with Crippen LogP contribution in [-0.4, -0.2) is 11.0 Å². The summed E-state index contributed by atoms with van der Waals surface area (Å²) in [5.74, 6) is -0.505. The number of thiocarbonyl (C=S) groups is 1. The second-order valence-corrected chi connectivity index (χ2v) is 4.73. The molecule has 0 saturated carbocycles. The van der Waals surface area contributed by atoms with Gasteiger partial charge in [0.15, 0.2) is 5.11 Å². The smallest absolute Gasteiger partial charge is 0.221 e. The predicted molar refractivity (Wildman–Crippen MR) is 87.0 cm³/mol. The molecule has 3 N–H and O–H groups in total. The highest BCUT2D eigenvalue weighted by Gasteiger charge is 2.03. The Kier molecular flexibility index (Phi) is 4.84. The normalized spacial score (nSPS) is 9.81. The molecule has 0 atom stereocenters. The van der Waals surface area contributed by atoms with E-state index >= 15 is 0 Å². The standard InChI is InChI=1S/C15H14FN3OS/c1-10(20)17-11-6-8-12(9-7-11)18-15(21)19-14-5-3-2-4-13(14)16/h2-9H,1H3,(H,17,20)(H2,18,19,21). The van der Waals surface area contributed by atoms with Gasteiger partial charge in [-0.15, -0.1) is 0 Å². The van der Waals surface area contributed by atoms with E-state index in [9.17, 15) is 9.18 Å². The molecule has 0 heterocycles. The third kappa shape index (κ3) is 4.54. The molecule has 0 spiro atoms. The van der Waals surface area contributed by atoms with Crippen molar-refractivity contribution >= 4 is 40.3 Å². The first-order valence-corrected chi connectivity index (χ1v) is 6.65. The second-order valence-electron chi connectivity index (χ2n) is 4.32. The molecule has 0 aliphatic rings. The van der Waals surface area contributed by atoms with Gasteiger partial charge in [0.25, 0.3) is 0 Å². The number of carbonyl (C=O) groups is 1. The van der Waals surface area contributed by atoms with E-state index in [1.54, 1.807) is 42.5 Å². The SMILES string of the molecule is CC(=O)Nc1ccc(NC(=S)Nc2ccccc2F)cc1. The molecule has 2 aromatic rings. The van der Waals surface area contributed by atoms with Crippen molar-refractivity contribution in [1.82, 2.24) is 0 Å². The fourth-order valence-electron chi connectivity index (χ4n) is 1.69. The Bertz CT molecular complexity index is 658. The highest BCUT2D eigenvalue weighted by atomic mass is 32.1. The lowest BCUT2D eigenvalue weighted by atomic mass is 10.3. The van der Waals surface area contributed by atoms with Crippen molar-refractivity contribution in [2.24, 2.45) is 0 Å². The zero-order chi connectivity index (χ0) is 15.2. The molecule has 0 saturated heterocycles. The molecule has 0 aromatic heterocycles. The summed E-state index contributed by atoms with van der Waals surface area (Å²) in [6.07, 6.45) is 0. The number of hydrogen-bond acceptors (Lipinski definition) is 2. The highest BCUT2D eigenvalue weighted by Crippen LogP contribution is 2.15. The summed E-state index contributed by atoms with van der Waals surface area (Å²) in [5, 5.41) is 8.67. The van der Waals surface area contributed by atoms with Gasteiger partial charge in [0.1, 0.15) is 5.82 Å². The van der Waals surface area contributed by atoms with Crippen LogP contribution in [0.4, 0.5) is 21.5 Å². The van der Waals surface area contributed by atoms with Crippen molar-refractivity contribution in [2.45, 2.75) is 6.92 Å². The van der Waals surface area contributed by atoms with Crippen molar-refractivity contribution in [3.05, 3.63) is 54.3 Å². The molecule has 0 aliphatic heterocycles. The quantitative estimate of drug-likeness (QED) is 0.759. The number of nitrogens with one attached hydrogen (secondary N) is 3. The number of carbonyl (C=O) groups excluding carboxylic acids is 1. The molecule has 4 nitrogen and oxygen atoms in total. The third-order valence-corrected chi connectivity index (χ3v) is 2.79. The molecule has 1 amide bonds. The van der Waals surface area contributed by atoms with Crippen molar-refractivity contribution in [3.8, 4) is 0 Å². The Morgan fingerprint density at radius 3 is 2.10 bits per heavy atom. The van der Waals surface area contributed by atoms with E-state index in [4.69, 9.17) is 12.2 Å². The first-order chi connectivity index (χ1) is 10.0. The van der Waals surface area contributed by atoms with Gasteiger partial charge in [0.05, 0.1) is 5.69 Å². The van der Waals surface area contributed by atoms with Crippen LogP contribution in [0.5, 0.6) is 0 Å². The Balaban J connectivity index is 1.96. The highest BCUT2D eigenvalue weighted by molar-refractivity contribution is 7.80. The molecule has 2 rings (SSSR count). The molecule has 0 unspecified atom stereocenters. The third-order valence-electron chi connectivity index (χ3n) is 2.59. The number of rotatable bonds is 3. The number of halogens is 1. The first-order valence-electron chi connectivity index (χ1n) is 6.25. The van der Waals surface area contributed by atoms with Gasteiger partial charge >= 0.3 is 0 Å². The van der Waals surface area contributed by atoms with E-state index in [0.29, 0.717) is 11.4 Å². The lowest BCUT2D eigenvalue weighted by Gasteiger charge is -2.11. The van der Waals surface area contributed by atoms with Crippen molar-refractivity contribution in [1.29, 1.82) is 0 Å². The summed E-state index contributed by atoms with van der Waals surface area (Å²) in [6, 6.07) is 13.3. The van der Waals surface area contributed by atoms with E-state index in [2.05, 4.69) is 16.0 Å². The molecule has 0 radical (unpaired) electrons. The molecule has 108 valence electrons. The average Bonchev–Trinajstić information content (AvgIpc) is 2.43. The van der Waals surface area contributed by atoms with E-state index in [1.165, 1.54) is 13.0 Å². The van der Waals surface area contributed by atoms with Crippen molar-refractivity contribution in [2.75, 3.05) is 16.0 Å². The van der Waals surface area contributed by atoms with E-state index < -0.39 is 0 Å². The van der Waals surface area contributed by atoms with Crippen LogP contribution in [-0.2, 0) is 4.79 Å². The summed E-state index contributed by atoms with van der Waals surface area (Å²) >= 11 is 5.12. The minimum atomic E-state index is -0.373. The maximum absolute atomic E-state index is 13.5. The topological polar surface area (TPSA) is 53.2 Å². The molecular weight excluding hydrogens is 289 g/mol. The monoisotopic (exact) mass is 303 g/mol. The summed E-state index contributed by atoms with van der Waals surface area (Å²) < 4.78 is 13.5. The minimum absolute atomic E-state index is 0.132. The van der Waals surface area contributed by atoms with Crippen LogP contribution in [0.2, 0.25) is 0 Å². The molecule has 0 bridgehead atoms. The largest absolute Gasteiger partial charge is 0.332 e. The lowest BCUT2D eigenvalue weighted by Crippen LogP contribution is -2.19. The van der Waals surface area contributed by atoms with E-state index in [-0.39, 0.29) is 16.8 Å². The van der Waals surface area contributed by atoms with Gasteiger partial charge in [-0.1, -0.05) is 12.1 Å². The van der Waals surface area contributed by atoms with Gasteiger partial charge in [-0.05, 0) is 48.6 Å². The second kappa shape index (κ2) is 6.81. The summed E-state index contributed by atoms with van der Waals surface area (Å²) in [7, 11) is 0. The molecule has 6 heteroatoms. The zero-order valence-corrected chi connectivity index (χ0v) is 12.1. The van der Waals surface area contributed by atoms with Crippen molar-refractivity contribution < 1.29 is 9.18 Å². The van der Waals surface area contributed by atoms with Gasteiger partial charge in [0, 0.05) is 18.3 Å². The van der Waals surface area contributed by atoms with Gasteiger partial charge in [-0.3, -0.25) is 4.79 Å². The summed E-state index contributed by atoms with van der Waals surface area (Å²) in [5.41, 5.74) is 1.74. The zero-order valence-electron chi connectivity index (χ0n) is 11.3. The van der Waals surface area contributed by atoms with Crippen LogP contribution >= 0.6 is 12.2 Å². The van der Waals surface area contributed by atoms with Gasteiger partial charge < -0.3 is 16.0 Å². The fraction of sp³-hybridized carbons (Fsp3) is 0.0667. The number of benzene rings is 2. The number of anilines is 3. The fourth-order valence-corrected chi connectivity index (χ4v) is 1.92. The number of hydrogen-bond donors (Lipinski definition) is 3. The Hall–Kier alpha value is -2.47. The van der Waals surface area contributed by atoms with Crippen LogP contribution in [0.1, 0.15) is 6.92 Å². The lowest BCUT2D eigenvalue weighted by molar-refractivity contribution is -0.114. The number of para-hydroxylation sites is 1. The predicted octanol–water partition coefficient (Wildman–Crippen LogP) is 3.59. The summed E-state index contributed by atoms with van der Waals surface area (Å²) in [4.78, 5) is 10.9. The Morgan fingerprint density at radius 1 is 0.952 bits per heavy atom. The Morgan fingerprint density at radius 2 is 1.52 bits per heavy atom. The summed E-state index contributed by atoms with van der Waals surface area (Å²) in [6.45, 7) is 1.44. The van der Waals surface area contributed by atoms with E-state index in [1.807, 2.05) is 0 Å². The molecule has 21 heavy (non-hydrogen) atoms.